The molecule has 1 atom stereocenters. The SMILES string of the molecule is CNC(=O)NC(=O)COc1ccc(F)c2c1C(=O)C[C@H]2C. The van der Waals surface area contributed by atoms with Crippen LogP contribution < -0.4 is 15.4 Å². The Labute approximate surface area is 120 Å². The van der Waals surface area contributed by atoms with Crippen LogP contribution in [0.25, 0.3) is 0 Å². The third-order valence-electron chi connectivity index (χ3n) is 3.26. The third kappa shape index (κ3) is 3.01. The summed E-state index contributed by atoms with van der Waals surface area (Å²) >= 11 is 0. The van der Waals surface area contributed by atoms with Gasteiger partial charge in [-0.25, -0.2) is 9.18 Å². The van der Waals surface area contributed by atoms with Gasteiger partial charge in [0.25, 0.3) is 5.91 Å². The number of fused-ring (bicyclic) bond motifs is 1. The highest BCUT2D eigenvalue weighted by Crippen LogP contribution is 2.39. The Kier molecular flexibility index (Phi) is 4.21. The standard InChI is InChI=1S/C14H15FN2O4/c1-7-5-9(18)13-10(4-3-8(15)12(7)13)21-6-11(19)17-14(20)16-2/h3-4,7H,5-6H2,1-2H3,(H2,16,17,19,20)/t7-/m1/s1. The van der Waals surface area contributed by atoms with E-state index in [0.29, 0.717) is 5.56 Å². The first-order valence-electron chi connectivity index (χ1n) is 6.44. The van der Waals surface area contributed by atoms with E-state index in [0.717, 1.165) is 0 Å². The quantitative estimate of drug-likeness (QED) is 0.881. The summed E-state index contributed by atoms with van der Waals surface area (Å²) in [6.07, 6.45) is 0.219. The largest absolute Gasteiger partial charge is 0.483 e. The fourth-order valence-corrected chi connectivity index (χ4v) is 2.31. The predicted molar refractivity (Wildman–Crippen MR) is 71.9 cm³/mol. The van der Waals surface area contributed by atoms with E-state index in [1.807, 2.05) is 5.32 Å². The zero-order valence-corrected chi connectivity index (χ0v) is 11.7. The molecule has 2 rings (SSSR count). The summed E-state index contributed by atoms with van der Waals surface area (Å²) in [6.45, 7) is 1.32. The Morgan fingerprint density at radius 1 is 1.43 bits per heavy atom. The van der Waals surface area contributed by atoms with Crippen molar-refractivity contribution >= 4 is 17.7 Å². The van der Waals surface area contributed by atoms with Crippen molar-refractivity contribution in [3.63, 3.8) is 0 Å². The van der Waals surface area contributed by atoms with Crippen LogP contribution in [-0.2, 0) is 4.79 Å². The minimum absolute atomic E-state index is 0.160. The number of rotatable bonds is 3. The number of carbonyl (C=O) groups is 3. The van der Waals surface area contributed by atoms with Gasteiger partial charge in [-0.15, -0.1) is 0 Å². The van der Waals surface area contributed by atoms with E-state index in [9.17, 15) is 18.8 Å². The van der Waals surface area contributed by atoms with E-state index in [2.05, 4.69) is 5.32 Å². The summed E-state index contributed by atoms with van der Waals surface area (Å²) in [4.78, 5) is 34.3. The van der Waals surface area contributed by atoms with Crippen LogP contribution in [0.2, 0.25) is 0 Å². The Morgan fingerprint density at radius 2 is 2.14 bits per heavy atom. The lowest BCUT2D eigenvalue weighted by atomic mass is 10.0. The number of ketones is 1. The van der Waals surface area contributed by atoms with Gasteiger partial charge in [0.1, 0.15) is 11.6 Å². The minimum Gasteiger partial charge on any atom is -0.483 e. The molecule has 3 amide bonds. The van der Waals surface area contributed by atoms with Crippen LogP contribution in [0.5, 0.6) is 5.75 Å². The summed E-state index contributed by atoms with van der Waals surface area (Å²) in [5.41, 5.74) is 0.513. The maximum atomic E-state index is 13.8. The van der Waals surface area contributed by atoms with Gasteiger partial charge in [0.15, 0.2) is 12.4 Å². The smallest absolute Gasteiger partial charge is 0.321 e. The lowest BCUT2D eigenvalue weighted by molar-refractivity contribution is -0.122. The zero-order valence-electron chi connectivity index (χ0n) is 11.7. The molecule has 1 aliphatic rings. The molecule has 0 bridgehead atoms. The molecule has 0 aromatic heterocycles. The van der Waals surface area contributed by atoms with Crippen molar-refractivity contribution < 1.29 is 23.5 Å². The van der Waals surface area contributed by atoms with Crippen LogP contribution in [0, 0.1) is 5.82 Å². The minimum atomic E-state index is -0.661. The molecule has 0 saturated carbocycles. The number of urea groups is 1. The molecule has 0 spiro atoms. The molecule has 1 aliphatic carbocycles. The van der Waals surface area contributed by atoms with Crippen LogP contribution in [-0.4, -0.2) is 31.4 Å². The number of hydrogen-bond donors (Lipinski definition) is 2. The van der Waals surface area contributed by atoms with E-state index in [4.69, 9.17) is 4.74 Å². The van der Waals surface area contributed by atoms with Gasteiger partial charge in [0.2, 0.25) is 0 Å². The number of halogens is 1. The molecule has 0 saturated heterocycles. The van der Waals surface area contributed by atoms with Crippen LogP contribution in [0.4, 0.5) is 9.18 Å². The molecule has 7 heteroatoms. The second kappa shape index (κ2) is 5.90. The van der Waals surface area contributed by atoms with E-state index in [1.54, 1.807) is 6.92 Å². The number of Topliss-reactive ketones (excluding diaryl/α,β-unsaturated/α-hetero) is 1. The van der Waals surface area contributed by atoms with Gasteiger partial charge in [-0.05, 0) is 18.1 Å². The molecule has 0 aliphatic heterocycles. The average Bonchev–Trinajstić information content (AvgIpc) is 2.74. The van der Waals surface area contributed by atoms with E-state index < -0.39 is 24.4 Å². The number of nitrogens with one attached hydrogen (secondary N) is 2. The van der Waals surface area contributed by atoms with Crippen molar-refractivity contribution in [2.24, 2.45) is 0 Å². The Morgan fingerprint density at radius 3 is 2.81 bits per heavy atom. The fourth-order valence-electron chi connectivity index (χ4n) is 2.31. The first-order valence-corrected chi connectivity index (χ1v) is 6.44. The number of benzene rings is 1. The lowest BCUT2D eigenvalue weighted by Crippen LogP contribution is -2.40. The van der Waals surface area contributed by atoms with Crippen molar-refractivity contribution in [2.75, 3.05) is 13.7 Å². The van der Waals surface area contributed by atoms with Crippen LogP contribution in [0.1, 0.15) is 35.2 Å². The Bertz CT molecular complexity index is 615. The maximum Gasteiger partial charge on any atom is 0.321 e. The molecule has 0 fully saturated rings. The van der Waals surface area contributed by atoms with Gasteiger partial charge >= 0.3 is 6.03 Å². The highest BCUT2D eigenvalue weighted by atomic mass is 19.1. The molecular formula is C14H15FN2O4. The molecule has 0 heterocycles. The molecule has 0 radical (unpaired) electrons. The summed E-state index contributed by atoms with van der Waals surface area (Å²) in [5, 5.41) is 4.25. The lowest BCUT2D eigenvalue weighted by Gasteiger charge is -2.11. The Hall–Kier alpha value is -2.44. The monoisotopic (exact) mass is 294 g/mol. The van der Waals surface area contributed by atoms with Gasteiger partial charge in [-0.1, -0.05) is 6.92 Å². The van der Waals surface area contributed by atoms with Crippen molar-refractivity contribution in [3.05, 3.63) is 29.1 Å². The molecule has 1 aromatic rings. The van der Waals surface area contributed by atoms with Crippen LogP contribution >= 0.6 is 0 Å². The highest BCUT2D eigenvalue weighted by Gasteiger charge is 2.32. The summed E-state index contributed by atoms with van der Waals surface area (Å²) < 4.78 is 19.0. The molecule has 21 heavy (non-hydrogen) atoms. The van der Waals surface area contributed by atoms with Gasteiger partial charge in [0.05, 0.1) is 5.56 Å². The number of hydrogen-bond acceptors (Lipinski definition) is 4. The number of ether oxygens (including phenoxy) is 1. The van der Waals surface area contributed by atoms with Crippen LogP contribution in [0.15, 0.2) is 12.1 Å². The van der Waals surface area contributed by atoms with Gasteiger partial charge in [0, 0.05) is 19.0 Å². The zero-order chi connectivity index (χ0) is 15.6. The summed E-state index contributed by atoms with van der Waals surface area (Å²) in [5.74, 6) is -1.38. The van der Waals surface area contributed by atoms with E-state index >= 15 is 0 Å². The first kappa shape index (κ1) is 15.0. The molecular weight excluding hydrogens is 279 g/mol. The number of carbonyl (C=O) groups excluding carboxylic acids is 3. The van der Waals surface area contributed by atoms with E-state index in [1.165, 1.54) is 19.2 Å². The van der Waals surface area contributed by atoms with Crippen LogP contribution in [0.3, 0.4) is 0 Å². The molecule has 0 unspecified atom stereocenters. The second-order valence-electron chi connectivity index (χ2n) is 4.78. The average molecular weight is 294 g/mol. The third-order valence-corrected chi connectivity index (χ3v) is 3.26. The topological polar surface area (TPSA) is 84.5 Å². The molecule has 1 aromatic carbocycles. The summed E-state index contributed by atoms with van der Waals surface area (Å²) in [6, 6.07) is 1.87. The van der Waals surface area contributed by atoms with Crippen molar-refractivity contribution in [3.8, 4) is 5.75 Å². The molecule has 6 nitrogen and oxygen atoms in total. The second-order valence-corrected chi connectivity index (χ2v) is 4.78. The number of amides is 3. The Balaban J connectivity index is 2.14. The van der Waals surface area contributed by atoms with E-state index in [-0.39, 0.29) is 29.4 Å². The van der Waals surface area contributed by atoms with Crippen molar-refractivity contribution in [1.29, 1.82) is 0 Å². The first-order chi connectivity index (χ1) is 9.93. The summed E-state index contributed by atoms with van der Waals surface area (Å²) in [7, 11) is 1.37. The van der Waals surface area contributed by atoms with Gasteiger partial charge in [-0.2, -0.15) is 0 Å². The predicted octanol–water partition coefficient (Wildman–Crippen LogP) is 1.35. The van der Waals surface area contributed by atoms with Crippen molar-refractivity contribution in [1.82, 2.24) is 10.6 Å². The molecule has 112 valence electrons. The maximum absolute atomic E-state index is 13.8. The molecule has 2 N–H and O–H groups in total. The normalized spacial score (nSPS) is 16.3. The van der Waals surface area contributed by atoms with Gasteiger partial charge < -0.3 is 10.1 Å². The fraction of sp³-hybridized carbons (Fsp3) is 0.357. The number of imide groups is 1. The highest BCUT2D eigenvalue weighted by molar-refractivity contribution is 6.04. The van der Waals surface area contributed by atoms with Crippen molar-refractivity contribution in [2.45, 2.75) is 19.3 Å². The van der Waals surface area contributed by atoms with Gasteiger partial charge in [-0.3, -0.25) is 14.9 Å².